The summed E-state index contributed by atoms with van der Waals surface area (Å²) in [4.78, 5) is 13.9. The van der Waals surface area contributed by atoms with E-state index in [2.05, 4.69) is 11.9 Å². The molecule has 20 heavy (non-hydrogen) atoms. The van der Waals surface area contributed by atoms with Crippen LogP contribution in [0.25, 0.3) is 0 Å². The molecule has 4 nitrogen and oxygen atoms in total. The van der Waals surface area contributed by atoms with Gasteiger partial charge < -0.3 is 26.8 Å². The third-order valence-electron chi connectivity index (χ3n) is 3.31. The molecule has 1 aromatic carbocycles. The summed E-state index contributed by atoms with van der Waals surface area (Å²) < 4.78 is 10.8. The summed E-state index contributed by atoms with van der Waals surface area (Å²) in [5.74, 6) is 0.427. The van der Waals surface area contributed by atoms with Gasteiger partial charge in [0.05, 0.1) is 0 Å². The lowest BCUT2D eigenvalue weighted by atomic mass is 10.1. The van der Waals surface area contributed by atoms with E-state index in [0.717, 1.165) is 31.5 Å². The molecule has 0 bridgehead atoms. The molecule has 1 aliphatic heterocycles. The second-order valence-corrected chi connectivity index (χ2v) is 5.10. The predicted octanol–water partition coefficient (Wildman–Crippen LogP) is -0.985. The number of esters is 1. The number of halogens is 1. The van der Waals surface area contributed by atoms with Crippen molar-refractivity contribution >= 4 is 5.97 Å². The Bertz CT molecular complexity index is 431. The highest BCUT2D eigenvalue weighted by atomic mass is 35.5. The number of ether oxygens (including phenoxy) is 2. The van der Waals surface area contributed by atoms with Crippen molar-refractivity contribution in [2.75, 3.05) is 26.7 Å². The Balaban J connectivity index is 0.00000200. The molecule has 1 aromatic rings. The summed E-state index contributed by atoms with van der Waals surface area (Å²) in [6.07, 6.45) is 1.86. The largest absolute Gasteiger partial charge is 1.00 e. The fraction of sp³-hybridized carbons (Fsp3) is 0.533. The van der Waals surface area contributed by atoms with Crippen molar-refractivity contribution < 1.29 is 26.7 Å². The molecule has 1 heterocycles. The SMILES string of the molecule is Cc1cccc(OCC(=O)OC2CCN(C)CC2)c1.[Cl-]. The average Bonchev–Trinajstić information content (AvgIpc) is 2.39. The van der Waals surface area contributed by atoms with Gasteiger partial charge in [-0.3, -0.25) is 0 Å². The first-order valence-corrected chi connectivity index (χ1v) is 6.71. The maximum absolute atomic E-state index is 11.7. The fourth-order valence-electron chi connectivity index (χ4n) is 2.17. The summed E-state index contributed by atoms with van der Waals surface area (Å²) in [6.45, 7) is 3.94. The van der Waals surface area contributed by atoms with Gasteiger partial charge >= 0.3 is 5.97 Å². The number of piperidine rings is 1. The van der Waals surface area contributed by atoms with Crippen LogP contribution >= 0.6 is 0 Å². The molecule has 112 valence electrons. The van der Waals surface area contributed by atoms with Gasteiger partial charge in [-0.25, -0.2) is 4.79 Å². The Labute approximate surface area is 126 Å². The van der Waals surface area contributed by atoms with Gasteiger partial charge in [0, 0.05) is 13.1 Å². The minimum atomic E-state index is -0.281. The number of benzene rings is 1. The molecule has 2 rings (SSSR count). The molecule has 0 radical (unpaired) electrons. The number of nitrogens with zero attached hydrogens (tertiary/aromatic N) is 1. The Morgan fingerprint density at radius 2 is 2.05 bits per heavy atom. The van der Waals surface area contributed by atoms with E-state index < -0.39 is 0 Å². The Morgan fingerprint density at radius 3 is 2.70 bits per heavy atom. The molecule has 1 fully saturated rings. The smallest absolute Gasteiger partial charge is 0.344 e. The van der Waals surface area contributed by atoms with E-state index in [4.69, 9.17) is 9.47 Å². The first-order valence-electron chi connectivity index (χ1n) is 6.71. The Morgan fingerprint density at radius 1 is 1.35 bits per heavy atom. The maximum Gasteiger partial charge on any atom is 0.344 e. The van der Waals surface area contributed by atoms with Gasteiger partial charge in [-0.1, -0.05) is 12.1 Å². The number of hydrogen-bond acceptors (Lipinski definition) is 4. The van der Waals surface area contributed by atoms with Gasteiger partial charge in [-0.15, -0.1) is 0 Å². The molecule has 0 amide bonds. The number of hydrogen-bond donors (Lipinski definition) is 0. The van der Waals surface area contributed by atoms with E-state index in [9.17, 15) is 4.79 Å². The lowest BCUT2D eigenvalue weighted by molar-refractivity contribution is -0.153. The van der Waals surface area contributed by atoms with Gasteiger partial charge in [0.2, 0.25) is 0 Å². The van der Waals surface area contributed by atoms with Gasteiger partial charge in [0.25, 0.3) is 0 Å². The third kappa shape index (κ3) is 5.39. The van der Waals surface area contributed by atoms with Crippen LogP contribution in [0.15, 0.2) is 24.3 Å². The molecule has 0 atom stereocenters. The minimum absolute atomic E-state index is 0. The Kier molecular flexibility index (Phi) is 6.82. The zero-order valence-corrected chi connectivity index (χ0v) is 12.7. The van der Waals surface area contributed by atoms with E-state index in [0.29, 0.717) is 5.75 Å². The van der Waals surface area contributed by atoms with Crippen molar-refractivity contribution in [2.45, 2.75) is 25.9 Å². The molecule has 1 saturated heterocycles. The van der Waals surface area contributed by atoms with Crippen LogP contribution < -0.4 is 17.1 Å². The van der Waals surface area contributed by atoms with Gasteiger partial charge in [-0.05, 0) is 44.5 Å². The molecule has 1 aliphatic rings. The number of rotatable bonds is 4. The molecular weight excluding hydrogens is 278 g/mol. The lowest BCUT2D eigenvalue weighted by Gasteiger charge is -2.28. The summed E-state index contributed by atoms with van der Waals surface area (Å²) in [6, 6.07) is 7.65. The molecular formula is C15H21ClNO3-. The average molecular weight is 299 g/mol. The lowest BCUT2D eigenvalue weighted by Crippen LogP contribution is -3.00. The molecule has 0 saturated carbocycles. The van der Waals surface area contributed by atoms with Crippen LogP contribution in [0, 0.1) is 6.92 Å². The standard InChI is InChI=1S/C15H21NO3.ClH/c1-12-4-3-5-14(10-12)18-11-15(17)19-13-6-8-16(2)9-7-13;/h3-5,10,13H,6-9,11H2,1-2H3;1H/p-1. The quantitative estimate of drug-likeness (QED) is 0.670. The minimum Gasteiger partial charge on any atom is -1.00 e. The van der Waals surface area contributed by atoms with Gasteiger partial charge in [0.15, 0.2) is 6.61 Å². The zero-order valence-electron chi connectivity index (χ0n) is 12.0. The van der Waals surface area contributed by atoms with Crippen LogP contribution in [0.1, 0.15) is 18.4 Å². The zero-order chi connectivity index (χ0) is 13.7. The first kappa shape index (κ1) is 16.8. The number of aryl methyl sites for hydroxylation is 1. The Hall–Kier alpha value is -1.26. The molecule has 0 aromatic heterocycles. The maximum atomic E-state index is 11.7. The summed E-state index contributed by atoms with van der Waals surface area (Å²) >= 11 is 0. The normalized spacial score (nSPS) is 16.3. The summed E-state index contributed by atoms with van der Waals surface area (Å²) in [5, 5.41) is 0. The van der Waals surface area contributed by atoms with E-state index >= 15 is 0 Å². The van der Waals surface area contributed by atoms with Crippen LogP contribution in [0.2, 0.25) is 0 Å². The van der Waals surface area contributed by atoms with Crippen LogP contribution in [0.4, 0.5) is 0 Å². The van der Waals surface area contributed by atoms with Crippen molar-refractivity contribution in [3.8, 4) is 5.75 Å². The van der Waals surface area contributed by atoms with Crippen LogP contribution in [-0.2, 0) is 9.53 Å². The van der Waals surface area contributed by atoms with E-state index in [1.807, 2.05) is 31.2 Å². The van der Waals surface area contributed by atoms with Crippen LogP contribution in [-0.4, -0.2) is 43.7 Å². The van der Waals surface area contributed by atoms with E-state index in [1.165, 1.54) is 0 Å². The van der Waals surface area contributed by atoms with Crippen LogP contribution in [0.3, 0.4) is 0 Å². The highest BCUT2D eigenvalue weighted by Gasteiger charge is 2.20. The molecule has 0 N–H and O–H groups in total. The molecule has 0 aliphatic carbocycles. The summed E-state index contributed by atoms with van der Waals surface area (Å²) in [7, 11) is 2.08. The van der Waals surface area contributed by atoms with Crippen LogP contribution in [0.5, 0.6) is 5.75 Å². The first-order chi connectivity index (χ1) is 9.13. The van der Waals surface area contributed by atoms with Crippen molar-refractivity contribution in [1.29, 1.82) is 0 Å². The topological polar surface area (TPSA) is 38.8 Å². The van der Waals surface area contributed by atoms with Crippen molar-refractivity contribution in [1.82, 2.24) is 4.90 Å². The number of likely N-dealkylation sites (tertiary alicyclic amines) is 1. The number of carbonyl (C=O) groups is 1. The summed E-state index contributed by atoms with van der Waals surface area (Å²) in [5.41, 5.74) is 1.11. The monoisotopic (exact) mass is 298 g/mol. The predicted molar refractivity (Wildman–Crippen MR) is 73.3 cm³/mol. The van der Waals surface area contributed by atoms with Gasteiger partial charge in [-0.2, -0.15) is 0 Å². The van der Waals surface area contributed by atoms with Gasteiger partial charge in [0.1, 0.15) is 11.9 Å². The molecule has 5 heteroatoms. The molecule has 0 spiro atoms. The highest BCUT2D eigenvalue weighted by molar-refractivity contribution is 5.71. The van der Waals surface area contributed by atoms with E-state index in [1.54, 1.807) is 0 Å². The second-order valence-electron chi connectivity index (χ2n) is 5.10. The van der Waals surface area contributed by atoms with Crippen molar-refractivity contribution in [3.63, 3.8) is 0 Å². The van der Waals surface area contributed by atoms with Crippen molar-refractivity contribution in [3.05, 3.63) is 29.8 Å². The third-order valence-corrected chi connectivity index (χ3v) is 3.31. The molecule has 0 unspecified atom stereocenters. The highest BCUT2D eigenvalue weighted by Crippen LogP contribution is 2.14. The fourth-order valence-corrected chi connectivity index (χ4v) is 2.17. The van der Waals surface area contributed by atoms with E-state index in [-0.39, 0.29) is 31.1 Å². The second kappa shape index (κ2) is 8.12. The van der Waals surface area contributed by atoms with Crippen molar-refractivity contribution in [2.24, 2.45) is 0 Å². The number of carbonyl (C=O) groups excluding carboxylic acids is 1.